The van der Waals surface area contributed by atoms with Gasteiger partial charge >= 0.3 is 0 Å². The Kier molecular flexibility index (Phi) is 5.26. The quantitative estimate of drug-likeness (QED) is 0.695. The minimum Gasteiger partial charge on any atom is -0.341 e. The van der Waals surface area contributed by atoms with Crippen molar-refractivity contribution < 1.29 is 9.32 Å². The Morgan fingerprint density at radius 1 is 1.20 bits per heavy atom. The first-order chi connectivity index (χ1) is 12.1. The summed E-state index contributed by atoms with van der Waals surface area (Å²) in [6.45, 7) is 1.78. The van der Waals surface area contributed by atoms with Crippen LogP contribution >= 0.6 is 11.6 Å². The molecular formula is C19H16ClN3O2. The van der Waals surface area contributed by atoms with Crippen LogP contribution in [0.5, 0.6) is 0 Å². The number of rotatable bonds is 5. The fourth-order valence-electron chi connectivity index (χ4n) is 2.22. The summed E-state index contributed by atoms with van der Waals surface area (Å²) >= 11 is 5.97. The first-order valence-corrected chi connectivity index (χ1v) is 8.13. The number of nitrogens with one attached hydrogen (secondary N) is 1. The van der Waals surface area contributed by atoms with Crippen LogP contribution in [0.2, 0.25) is 5.02 Å². The van der Waals surface area contributed by atoms with E-state index in [2.05, 4.69) is 15.5 Å². The zero-order valence-corrected chi connectivity index (χ0v) is 14.3. The average molecular weight is 354 g/mol. The molecule has 1 heterocycles. The maximum atomic E-state index is 12.0. The molecule has 0 radical (unpaired) electrons. The van der Waals surface area contributed by atoms with Gasteiger partial charge in [0.1, 0.15) is 6.04 Å². The van der Waals surface area contributed by atoms with Gasteiger partial charge < -0.3 is 9.84 Å². The number of carbonyl (C=O) groups excluding carboxylic acids is 1. The molecule has 1 N–H and O–H groups in total. The van der Waals surface area contributed by atoms with E-state index in [1.807, 2.05) is 42.5 Å². The van der Waals surface area contributed by atoms with Crippen LogP contribution in [0.15, 0.2) is 65.2 Å². The summed E-state index contributed by atoms with van der Waals surface area (Å²) in [7, 11) is 0. The van der Waals surface area contributed by atoms with E-state index in [-0.39, 0.29) is 5.91 Å². The second-order valence-electron chi connectivity index (χ2n) is 5.44. The molecule has 5 nitrogen and oxygen atoms in total. The fraction of sp³-hybridized carbons (Fsp3) is 0.105. The van der Waals surface area contributed by atoms with Crippen molar-refractivity contribution in [2.75, 3.05) is 0 Å². The summed E-state index contributed by atoms with van der Waals surface area (Å²) < 4.78 is 5.24. The molecule has 3 aromatic rings. The lowest BCUT2D eigenvalue weighted by Gasteiger charge is -2.06. The fourth-order valence-corrected chi connectivity index (χ4v) is 2.41. The molecule has 0 fully saturated rings. The van der Waals surface area contributed by atoms with Crippen molar-refractivity contribution in [1.29, 1.82) is 0 Å². The van der Waals surface area contributed by atoms with Gasteiger partial charge in [0.15, 0.2) is 0 Å². The first-order valence-electron chi connectivity index (χ1n) is 7.75. The normalized spacial score (nSPS) is 12.2. The van der Waals surface area contributed by atoms with Crippen LogP contribution in [-0.4, -0.2) is 16.0 Å². The standard InChI is InChI=1S/C19H16ClN3O2/c1-13(21-17(24)11-10-14-6-3-2-4-7-14)19-22-18(23-25-19)15-8-5-9-16(20)12-15/h2-13H,1H3,(H,21,24)/b11-10+/t13-/m1/s1. The highest BCUT2D eigenvalue weighted by atomic mass is 35.5. The monoisotopic (exact) mass is 353 g/mol. The summed E-state index contributed by atoms with van der Waals surface area (Å²) in [4.78, 5) is 16.3. The predicted octanol–water partition coefficient (Wildman–Crippen LogP) is 4.28. The predicted molar refractivity (Wildman–Crippen MR) is 96.8 cm³/mol. The number of halogens is 1. The molecule has 0 bridgehead atoms. The van der Waals surface area contributed by atoms with Crippen molar-refractivity contribution in [2.45, 2.75) is 13.0 Å². The summed E-state index contributed by atoms with van der Waals surface area (Å²) in [5.41, 5.74) is 1.70. The highest BCUT2D eigenvalue weighted by Gasteiger charge is 2.16. The van der Waals surface area contributed by atoms with Crippen molar-refractivity contribution in [1.82, 2.24) is 15.5 Å². The van der Waals surface area contributed by atoms with E-state index in [4.69, 9.17) is 16.1 Å². The SMILES string of the molecule is C[C@@H](NC(=O)/C=C/c1ccccc1)c1nc(-c2cccc(Cl)c2)no1. The molecule has 126 valence electrons. The Morgan fingerprint density at radius 3 is 2.76 bits per heavy atom. The van der Waals surface area contributed by atoms with Gasteiger partial charge in [-0.1, -0.05) is 59.2 Å². The van der Waals surface area contributed by atoms with E-state index in [1.54, 1.807) is 25.1 Å². The van der Waals surface area contributed by atoms with Gasteiger partial charge in [-0.05, 0) is 30.7 Å². The van der Waals surface area contributed by atoms with Crippen LogP contribution < -0.4 is 5.32 Å². The zero-order chi connectivity index (χ0) is 17.6. The van der Waals surface area contributed by atoms with E-state index in [0.717, 1.165) is 11.1 Å². The number of amides is 1. The first kappa shape index (κ1) is 16.9. The van der Waals surface area contributed by atoms with Crippen LogP contribution in [0.3, 0.4) is 0 Å². The number of aromatic nitrogens is 2. The molecule has 3 rings (SSSR count). The number of nitrogens with zero attached hydrogens (tertiary/aromatic N) is 2. The Bertz CT molecular complexity index is 890. The zero-order valence-electron chi connectivity index (χ0n) is 13.5. The lowest BCUT2D eigenvalue weighted by Crippen LogP contribution is -2.24. The van der Waals surface area contributed by atoms with Crippen molar-refractivity contribution in [3.63, 3.8) is 0 Å². The van der Waals surface area contributed by atoms with Gasteiger partial charge in [0.25, 0.3) is 0 Å². The molecule has 25 heavy (non-hydrogen) atoms. The smallest absolute Gasteiger partial charge is 0.249 e. The topological polar surface area (TPSA) is 68.0 Å². The van der Waals surface area contributed by atoms with E-state index < -0.39 is 6.04 Å². The van der Waals surface area contributed by atoms with Crippen molar-refractivity contribution >= 4 is 23.6 Å². The molecule has 6 heteroatoms. The third-order valence-electron chi connectivity index (χ3n) is 3.48. The van der Waals surface area contributed by atoms with Crippen molar-refractivity contribution in [3.05, 3.63) is 77.2 Å². The van der Waals surface area contributed by atoms with Gasteiger partial charge in [-0.25, -0.2) is 0 Å². The summed E-state index contributed by atoms with van der Waals surface area (Å²) in [6.07, 6.45) is 3.22. The number of carbonyl (C=O) groups is 1. The van der Waals surface area contributed by atoms with Gasteiger partial charge in [-0.15, -0.1) is 0 Å². The molecule has 0 aliphatic carbocycles. The molecule has 2 aromatic carbocycles. The molecule has 0 saturated carbocycles. The van der Waals surface area contributed by atoms with Crippen molar-refractivity contribution in [3.8, 4) is 11.4 Å². The molecule has 0 unspecified atom stereocenters. The maximum Gasteiger partial charge on any atom is 0.249 e. The summed E-state index contributed by atoms with van der Waals surface area (Å²) in [5.74, 6) is 0.522. The van der Waals surface area contributed by atoms with Gasteiger partial charge in [0, 0.05) is 16.7 Å². The average Bonchev–Trinajstić information content (AvgIpc) is 3.11. The Morgan fingerprint density at radius 2 is 2.00 bits per heavy atom. The highest BCUT2D eigenvalue weighted by Crippen LogP contribution is 2.21. The number of benzene rings is 2. The van der Waals surface area contributed by atoms with E-state index in [1.165, 1.54) is 6.08 Å². The van der Waals surface area contributed by atoms with Crippen LogP contribution in [0.25, 0.3) is 17.5 Å². The lowest BCUT2D eigenvalue weighted by atomic mass is 10.2. The van der Waals surface area contributed by atoms with Crippen molar-refractivity contribution in [2.24, 2.45) is 0 Å². The van der Waals surface area contributed by atoms with E-state index >= 15 is 0 Å². The third kappa shape index (κ3) is 4.55. The minimum absolute atomic E-state index is 0.237. The van der Waals surface area contributed by atoms with Gasteiger partial charge in [-0.3, -0.25) is 4.79 Å². The van der Waals surface area contributed by atoms with Gasteiger partial charge in [-0.2, -0.15) is 4.98 Å². The highest BCUT2D eigenvalue weighted by molar-refractivity contribution is 6.30. The number of hydrogen-bond acceptors (Lipinski definition) is 4. The molecule has 0 spiro atoms. The van der Waals surface area contributed by atoms with Crippen LogP contribution in [0.4, 0.5) is 0 Å². The van der Waals surface area contributed by atoms with Crippen LogP contribution in [-0.2, 0) is 4.79 Å². The van der Waals surface area contributed by atoms with Crippen LogP contribution in [0.1, 0.15) is 24.4 Å². The molecule has 0 saturated heterocycles. The van der Waals surface area contributed by atoms with E-state index in [9.17, 15) is 4.79 Å². The Labute approximate surface area is 150 Å². The van der Waals surface area contributed by atoms with E-state index in [0.29, 0.717) is 16.7 Å². The minimum atomic E-state index is -0.409. The Hall–Kier alpha value is -2.92. The summed E-state index contributed by atoms with van der Waals surface area (Å²) in [5, 5.41) is 7.32. The molecule has 1 atom stereocenters. The maximum absolute atomic E-state index is 12.0. The molecule has 0 aliphatic heterocycles. The largest absolute Gasteiger partial charge is 0.341 e. The molecule has 1 amide bonds. The molecule has 0 aliphatic rings. The molecular weight excluding hydrogens is 338 g/mol. The van der Waals surface area contributed by atoms with Gasteiger partial charge in [0.2, 0.25) is 17.6 Å². The molecule has 1 aromatic heterocycles. The number of hydrogen-bond donors (Lipinski definition) is 1. The van der Waals surface area contributed by atoms with Crippen LogP contribution in [0, 0.1) is 0 Å². The Balaban J connectivity index is 1.64. The van der Waals surface area contributed by atoms with Gasteiger partial charge in [0.05, 0.1) is 0 Å². The third-order valence-corrected chi connectivity index (χ3v) is 3.72. The summed E-state index contributed by atoms with van der Waals surface area (Å²) in [6, 6.07) is 16.4. The second kappa shape index (κ2) is 7.77. The lowest BCUT2D eigenvalue weighted by molar-refractivity contribution is -0.117. The second-order valence-corrected chi connectivity index (χ2v) is 5.88.